The van der Waals surface area contributed by atoms with Gasteiger partial charge < -0.3 is 10.1 Å². The monoisotopic (exact) mass is 435 g/mol. The van der Waals surface area contributed by atoms with Crippen molar-refractivity contribution < 1.29 is 14.3 Å². The maximum absolute atomic E-state index is 12.7. The standard InChI is InChI=1S/C26H29NO3S/c1-5-30-26(29)24-22(21-14-11-18(3)19(4)15-21)16-31-25(24)27-23(28)8-6-7-20-12-9-17(2)10-13-20/h9-16H,5-8H2,1-4H3,(H,27,28). The summed E-state index contributed by atoms with van der Waals surface area (Å²) in [6.07, 6.45) is 1.99. The molecule has 0 bridgehead atoms. The van der Waals surface area contributed by atoms with E-state index in [9.17, 15) is 9.59 Å². The molecule has 162 valence electrons. The summed E-state index contributed by atoms with van der Waals surface area (Å²) < 4.78 is 5.29. The van der Waals surface area contributed by atoms with E-state index in [0.717, 1.165) is 29.5 Å². The molecule has 3 rings (SSSR count). The molecule has 0 radical (unpaired) electrons. The number of rotatable bonds is 8. The molecular formula is C26H29NO3S. The van der Waals surface area contributed by atoms with Gasteiger partial charge in [-0.1, -0.05) is 48.0 Å². The summed E-state index contributed by atoms with van der Waals surface area (Å²) >= 11 is 1.36. The number of benzene rings is 2. The maximum Gasteiger partial charge on any atom is 0.341 e. The van der Waals surface area contributed by atoms with Crippen LogP contribution >= 0.6 is 11.3 Å². The summed E-state index contributed by atoms with van der Waals surface area (Å²) in [5.74, 6) is -0.502. The van der Waals surface area contributed by atoms with Crippen LogP contribution in [0.15, 0.2) is 47.8 Å². The Hall–Kier alpha value is -2.92. The van der Waals surface area contributed by atoms with Crippen LogP contribution in [0, 0.1) is 20.8 Å². The van der Waals surface area contributed by atoms with Crippen LogP contribution in [0.25, 0.3) is 11.1 Å². The van der Waals surface area contributed by atoms with Gasteiger partial charge in [-0.3, -0.25) is 4.79 Å². The minimum absolute atomic E-state index is 0.0915. The van der Waals surface area contributed by atoms with Crippen molar-refractivity contribution in [2.75, 3.05) is 11.9 Å². The molecule has 0 unspecified atom stereocenters. The fourth-order valence-corrected chi connectivity index (χ4v) is 4.35. The molecule has 0 saturated carbocycles. The second kappa shape index (κ2) is 10.4. The number of esters is 1. The molecule has 1 amide bonds. The zero-order chi connectivity index (χ0) is 22.4. The lowest BCUT2D eigenvalue weighted by atomic mass is 9.99. The Morgan fingerprint density at radius 2 is 1.74 bits per heavy atom. The number of ether oxygens (including phenoxy) is 1. The number of aryl methyl sites for hydroxylation is 4. The highest BCUT2D eigenvalue weighted by atomic mass is 32.1. The molecule has 3 aromatic rings. The van der Waals surface area contributed by atoms with Crippen LogP contribution in [0.2, 0.25) is 0 Å². The number of anilines is 1. The summed E-state index contributed by atoms with van der Waals surface area (Å²) in [6.45, 7) is 8.23. The topological polar surface area (TPSA) is 55.4 Å². The average Bonchev–Trinajstić information content (AvgIpc) is 3.15. The molecule has 5 heteroatoms. The second-order valence-corrected chi connectivity index (χ2v) is 8.64. The summed E-state index contributed by atoms with van der Waals surface area (Å²) in [5, 5.41) is 5.40. The van der Waals surface area contributed by atoms with Gasteiger partial charge in [0.05, 0.1) is 6.61 Å². The van der Waals surface area contributed by atoms with Gasteiger partial charge in [-0.2, -0.15) is 0 Å². The lowest BCUT2D eigenvalue weighted by Gasteiger charge is -2.10. The van der Waals surface area contributed by atoms with Crippen molar-refractivity contribution in [1.82, 2.24) is 0 Å². The van der Waals surface area contributed by atoms with Gasteiger partial charge in [-0.05, 0) is 62.8 Å². The van der Waals surface area contributed by atoms with Crippen molar-refractivity contribution in [3.8, 4) is 11.1 Å². The van der Waals surface area contributed by atoms with Crippen LogP contribution < -0.4 is 5.32 Å². The van der Waals surface area contributed by atoms with Crippen LogP contribution in [-0.4, -0.2) is 18.5 Å². The lowest BCUT2D eigenvalue weighted by Crippen LogP contribution is -2.14. The molecule has 0 aliphatic rings. The fourth-order valence-electron chi connectivity index (χ4n) is 3.37. The zero-order valence-corrected chi connectivity index (χ0v) is 19.4. The van der Waals surface area contributed by atoms with Gasteiger partial charge in [0, 0.05) is 17.4 Å². The lowest BCUT2D eigenvalue weighted by molar-refractivity contribution is -0.116. The van der Waals surface area contributed by atoms with Gasteiger partial charge in [0.15, 0.2) is 0 Å². The Morgan fingerprint density at radius 3 is 2.42 bits per heavy atom. The predicted octanol–water partition coefficient (Wildman–Crippen LogP) is 6.48. The number of nitrogens with one attached hydrogen (secondary N) is 1. The highest BCUT2D eigenvalue weighted by Crippen LogP contribution is 2.37. The van der Waals surface area contributed by atoms with E-state index in [0.29, 0.717) is 17.0 Å². The highest BCUT2D eigenvalue weighted by molar-refractivity contribution is 7.15. The summed E-state index contributed by atoms with van der Waals surface area (Å²) in [5.41, 5.74) is 6.97. The van der Waals surface area contributed by atoms with E-state index < -0.39 is 5.97 Å². The predicted molar refractivity (Wildman–Crippen MR) is 128 cm³/mol. The summed E-state index contributed by atoms with van der Waals surface area (Å²) in [4.78, 5) is 25.3. The third-order valence-corrected chi connectivity index (χ3v) is 6.23. The second-order valence-electron chi connectivity index (χ2n) is 7.76. The largest absolute Gasteiger partial charge is 0.462 e. The third-order valence-electron chi connectivity index (χ3n) is 5.33. The van der Waals surface area contributed by atoms with Crippen LogP contribution in [-0.2, 0) is 16.0 Å². The number of amides is 1. The Kier molecular flexibility index (Phi) is 7.64. The minimum atomic E-state index is -0.410. The summed E-state index contributed by atoms with van der Waals surface area (Å²) in [7, 11) is 0. The Bertz CT molecular complexity index is 1070. The first kappa shape index (κ1) is 22.8. The molecule has 1 heterocycles. The first-order valence-electron chi connectivity index (χ1n) is 10.6. The molecule has 2 aromatic carbocycles. The van der Waals surface area contributed by atoms with E-state index in [4.69, 9.17) is 4.74 Å². The smallest absolute Gasteiger partial charge is 0.341 e. The van der Waals surface area contributed by atoms with Crippen molar-refractivity contribution in [3.63, 3.8) is 0 Å². The van der Waals surface area contributed by atoms with Gasteiger partial charge in [0.25, 0.3) is 0 Å². The van der Waals surface area contributed by atoms with Crippen molar-refractivity contribution >= 4 is 28.2 Å². The number of hydrogen-bond donors (Lipinski definition) is 1. The maximum atomic E-state index is 12.7. The first-order valence-corrected chi connectivity index (χ1v) is 11.5. The highest BCUT2D eigenvalue weighted by Gasteiger charge is 2.23. The van der Waals surface area contributed by atoms with Gasteiger partial charge in [-0.15, -0.1) is 11.3 Å². The fraction of sp³-hybridized carbons (Fsp3) is 0.308. The van der Waals surface area contributed by atoms with E-state index >= 15 is 0 Å². The molecular weight excluding hydrogens is 406 g/mol. The molecule has 4 nitrogen and oxygen atoms in total. The SMILES string of the molecule is CCOC(=O)c1c(-c2ccc(C)c(C)c2)csc1NC(=O)CCCc1ccc(C)cc1. The molecule has 0 spiro atoms. The van der Waals surface area contributed by atoms with Crippen molar-refractivity contribution in [1.29, 1.82) is 0 Å². The first-order chi connectivity index (χ1) is 14.9. The number of carbonyl (C=O) groups is 2. The number of carbonyl (C=O) groups excluding carboxylic acids is 2. The van der Waals surface area contributed by atoms with E-state index in [-0.39, 0.29) is 12.5 Å². The molecule has 0 fully saturated rings. The van der Waals surface area contributed by atoms with Crippen molar-refractivity contribution in [2.45, 2.75) is 47.0 Å². The molecule has 1 N–H and O–H groups in total. The Morgan fingerprint density at radius 1 is 1.00 bits per heavy atom. The molecule has 0 aliphatic heterocycles. The quantitative estimate of drug-likeness (QED) is 0.412. The molecule has 31 heavy (non-hydrogen) atoms. The Labute approximate surface area is 188 Å². The number of hydrogen-bond acceptors (Lipinski definition) is 4. The van der Waals surface area contributed by atoms with Crippen LogP contribution in [0.3, 0.4) is 0 Å². The van der Waals surface area contributed by atoms with E-state index in [1.807, 2.05) is 24.4 Å². The normalized spacial score (nSPS) is 10.7. The number of thiophene rings is 1. The van der Waals surface area contributed by atoms with Crippen LogP contribution in [0.4, 0.5) is 5.00 Å². The van der Waals surface area contributed by atoms with E-state index in [2.05, 4.69) is 49.5 Å². The van der Waals surface area contributed by atoms with Gasteiger partial charge >= 0.3 is 5.97 Å². The average molecular weight is 436 g/mol. The zero-order valence-electron chi connectivity index (χ0n) is 18.6. The van der Waals surface area contributed by atoms with Crippen LogP contribution in [0.1, 0.15) is 52.4 Å². The van der Waals surface area contributed by atoms with Crippen molar-refractivity contribution in [3.05, 3.63) is 75.7 Å². The van der Waals surface area contributed by atoms with Crippen molar-refractivity contribution in [2.24, 2.45) is 0 Å². The molecule has 0 aliphatic carbocycles. The third kappa shape index (κ3) is 5.82. The Balaban J connectivity index is 1.74. The summed E-state index contributed by atoms with van der Waals surface area (Å²) in [6, 6.07) is 14.5. The molecule has 0 saturated heterocycles. The van der Waals surface area contributed by atoms with Crippen LogP contribution in [0.5, 0.6) is 0 Å². The van der Waals surface area contributed by atoms with E-state index in [1.165, 1.54) is 28.0 Å². The molecule has 0 atom stereocenters. The van der Waals surface area contributed by atoms with Gasteiger partial charge in [-0.25, -0.2) is 4.79 Å². The van der Waals surface area contributed by atoms with Gasteiger partial charge in [0.1, 0.15) is 10.6 Å². The molecule has 1 aromatic heterocycles. The van der Waals surface area contributed by atoms with E-state index in [1.54, 1.807) is 6.92 Å². The minimum Gasteiger partial charge on any atom is -0.462 e. The van der Waals surface area contributed by atoms with Gasteiger partial charge in [0.2, 0.25) is 5.91 Å².